The van der Waals surface area contributed by atoms with E-state index in [0.717, 1.165) is 18.0 Å². The molecule has 1 fully saturated rings. The maximum absolute atomic E-state index is 12.6. The highest BCUT2D eigenvalue weighted by Crippen LogP contribution is 2.26. The molecule has 1 heterocycles. The van der Waals surface area contributed by atoms with Gasteiger partial charge in [0.2, 0.25) is 5.91 Å². The second-order valence-corrected chi connectivity index (χ2v) is 8.40. The summed E-state index contributed by atoms with van der Waals surface area (Å²) in [5, 5.41) is 3.08. The summed E-state index contributed by atoms with van der Waals surface area (Å²) >= 11 is 1.61. The van der Waals surface area contributed by atoms with Crippen LogP contribution in [0.15, 0.2) is 59.5 Å². The van der Waals surface area contributed by atoms with Crippen LogP contribution in [0, 0.1) is 6.92 Å². The fraction of sp³-hybridized carbons (Fsp3) is 0.409. The van der Waals surface area contributed by atoms with Gasteiger partial charge in [0.25, 0.3) is 0 Å². The molecule has 1 aliphatic heterocycles. The highest BCUT2D eigenvalue weighted by Gasteiger charge is 2.24. The van der Waals surface area contributed by atoms with E-state index in [2.05, 4.69) is 65.7 Å². The zero-order valence-electron chi connectivity index (χ0n) is 15.7. The van der Waals surface area contributed by atoms with E-state index in [1.165, 1.54) is 24.0 Å². The van der Waals surface area contributed by atoms with Crippen molar-refractivity contribution in [2.75, 3.05) is 19.6 Å². The average Bonchev–Trinajstić information content (AvgIpc) is 3.19. The summed E-state index contributed by atoms with van der Waals surface area (Å²) < 4.78 is 0. The lowest BCUT2D eigenvalue weighted by molar-refractivity contribution is -0.120. The zero-order valence-corrected chi connectivity index (χ0v) is 16.5. The van der Waals surface area contributed by atoms with E-state index >= 15 is 0 Å². The van der Waals surface area contributed by atoms with Gasteiger partial charge in [-0.1, -0.05) is 48.0 Å². The number of thioether (sulfide) groups is 1. The minimum atomic E-state index is -0.104. The Morgan fingerprint density at radius 2 is 1.73 bits per heavy atom. The topological polar surface area (TPSA) is 32.3 Å². The van der Waals surface area contributed by atoms with Crippen LogP contribution in [0.5, 0.6) is 0 Å². The second kappa shape index (κ2) is 9.24. The standard InChI is InChI=1S/C22H28N2OS/c1-17-10-12-20(13-11-17)26-18(2)22(25)23-16-21(24-14-6-7-15-24)19-8-4-3-5-9-19/h3-5,8-13,18,21H,6-7,14-16H2,1-2H3,(H,23,25). The summed E-state index contributed by atoms with van der Waals surface area (Å²) in [7, 11) is 0. The number of aryl methyl sites for hydroxylation is 1. The van der Waals surface area contributed by atoms with Crippen molar-refractivity contribution in [2.24, 2.45) is 0 Å². The Balaban J connectivity index is 1.59. The minimum absolute atomic E-state index is 0.104. The monoisotopic (exact) mass is 368 g/mol. The quantitative estimate of drug-likeness (QED) is 0.734. The number of nitrogens with zero attached hydrogens (tertiary/aromatic N) is 1. The fourth-order valence-electron chi connectivity index (χ4n) is 3.40. The van der Waals surface area contributed by atoms with E-state index in [1.54, 1.807) is 11.8 Å². The summed E-state index contributed by atoms with van der Waals surface area (Å²) in [5.74, 6) is 0.107. The normalized spacial score (nSPS) is 17.0. The van der Waals surface area contributed by atoms with Gasteiger partial charge in [0.05, 0.1) is 11.3 Å². The lowest BCUT2D eigenvalue weighted by Crippen LogP contribution is -2.39. The molecule has 0 spiro atoms. The Bertz CT molecular complexity index is 696. The molecule has 2 unspecified atom stereocenters. The van der Waals surface area contributed by atoms with Crippen molar-refractivity contribution in [3.63, 3.8) is 0 Å². The number of carbonyl (C=O) groups excluding carboxylic acids is 1. The van der Waals surface area contributed by atoms with Crippen LogP contribution in [0.1, 0.15) is 36.9 Å². The summed E-state index contributed by atoms with van der Waals surface area (Å²) in [6.45, 7) is 6.95. The molecule has 2 aromatic rings. The third-order valence-electron chi connectivity index (χ3n) is 4.94. The van der Waals surface area contributed by atoms with Gasteiger partial charge in [-0.05, 0) is 57.5 Å². The fourth-order valence-corrected chi connectivity index (χ4v) is 4.29. The number of carbonyl (C=O) groups is 1. The molecule has 1 saturated heterocycles. The molecular weight excluding hydrogens is 340 g/mol. The summed E-state index contributed by atoms with van der Waals surface area (Å²) in [4.78, 5) is 16.2. The number of amides is 1. The smallest absolute Gasteiger partial charge is 0.233 e. The minimum Gasteiger partial charge on any atom is -0.353 e. The second-order valence-electron chi connectivity index (χ2n) is 6.99. The number of hydrogen-bond donors (Lipinski definition) is 1. The van der Waals surface area contributed by atoms with E-state index in [-0.39, 0.29) is 17.2 Å². The number of nitrogens with one attached hydrogen (secondary N) is 1. The Labute approximate surface area is 161 Å². The predicted molar refractivity (Wildman–Crippen MR) is 109 cm³/mol. The molecule has 0 aliphatic carbocycles. The molecule has 0 saturated carbocycles. The average molecular weight is 369 g/mol. The molecule has 138 valence electrons. The van der Waals surface area contributed by atoms with Crippen LogP contribution in [-0.2, 0) is 4.79 Å². The van der Waals surface area contributed by atoms with Gasteiger partial charge in [0, 0.05) is 11.4 Å². The Hall–Kier alpha value is -1.78. The van der Waals surface area contributed by atoms with Crippen molar-refractivity contribution in [1.82, 2.24) is 10.2 Å². The summed E-state index contributed by atoms with van der Waals surface area (Å²) in [5.41, 5.74) is 2.52. The molecule has 3 rings (SSSR count). The van der Waals surface area contributed by atoms with Gasteiger partial charge in [0.1, 0.15) is 0 Å². The molecule has 0 bridgehead atoms. The molecule has 1 N–H and O–H groups in total. The molecule has 2 atom stereocenters. The van der Waals surface area contributed by atoms with Gasteiger partial charge < -0.3 is 5.32 Å². The third-order valence-corrected chi connectivity index (χ3v) is 6.05. The Morgan fingerprint density at radius 3 is 2.38 bits per heavy atom. The van der Waals surface area contributed by atoms with Crippen molar-refractivity contribution in [1.29, 1.82) is 0 Å². The van der Waals surface area contributed by atoms with Crippen molar-refractivity contribution in [3.8, 4) is 0 Å². The molecule has 2 aromatic carbocycles. The molecule has 26 heavy (non-hydrogen) atoms. The molecule has 3 nitrogen and oxygen atoms in total. The van der Waals surface area contributed by atoms with Gasteiger partial charge in [-0.2, -0.15) is 0 Å². The van der Waals surface area contributed by atoms with E-state index < -0.39 is 0 Å². The molecule has 1 aliphatic rings. The first-order chi connectivity index (χ1) is 12.6. The molecule has 1 amide bonds. The predicted octanol–water partition coefficient (Wildman–Crippen LogP) is 4.43. The Morgan fingerprint density at radius 1 is 1.08 bits per heavy atom. The highest BCUT2D eigenvalue weighted by atomic mass is 32.2. The van der Waals surface area contributed by atoms with Crippen molar-refractivity contribution in [2.45, 2.75) is 42.9 Å². The van der Waals surface area contributed by atoms with Crippen molar-refractivity contribution in [3.05, 3.63) is 65.7 Å². The van der Waals surface area contributed by atoms with Gasteiger partial charge in [-0.15, -0.1) is 11.8 Å². The summed E-state index contributed by atoms with van der Waals surface area (Å²) in [6, 6.07) is 19.1. The first-order valence-electron chi connectivity index (χ1n) is 9.43. The lowest BCUT2D eigenvalue weighted by Gasteiger charge is -2.28. The number of likely N-dealkylation sites (tertiary alicyclic amines) is 1. The Kier molecular flexibility index (Phi) is 6.75. The number of hydrogen-bond acceptors (Lipinski definition) is 3. The molecular formula is C22H28N2OS. The third kappa shape index (κ3) is 5.12. The van der Waals surface area contributed by atoms with E-state index in [1.807, 2.05) is 13.0 Å². The van der Waals surface area contributed by atoms with Crippen LogP contribution >= 0.6 is 11.8 Å². The van der Waals surface area contributed by atoms with Gasteiger partial charge >= 0.3 is 0 Å². The maximum atomic E-state index is 12.6. The first-order valence-corrected chi connectivity index (χ1v) is 10.3. The van der Waals surface area contributed by atoms with Gasteiger partial charge in [-0.3, -0.25) is 9.69 Å². The number of rotatable bonds is 7. The van der Waals surface area contributed by atoms with Crippen molar-refractivity contribution < 1.29 is 4.79 Å². The molecule has 0 aromatic heterocycles. The van der Waals surface area contributed by atoms with Crippen LogP contribution in [0.25, 0.3) is 0 Å². The van der Waals surface area contributed by atoms with Crippen LogP contribution in [0.3, 0.4) is 0 Å². The SMILES string of the molecule is Cc1ccc(SC(C)C(=O)NCC(c2ccccc2)N2CCCC2)cc1. The van der Waals surface area contributed by atoms with E-state index in [0.29, 0.717) is 6.54 Å². The molecule has 4 heteroatoms. The summed E-state index contributed by atoms with van der Waals surface area (Å²) in [6.07, 6.45) is 2.49. The van der Waals surface area contributed by atoms with Gasteiger partial charge in [0.15, 0.2) is 0 Å². The van der Waals surface area contributed by atoms with Gasteiger partial charge in [-0.25, -0.2) is 0 Å². The lowest BCUT2D eigenvalue weighted by atomic mass is 10.1. The molecule has 0 radical (unpaired) electrons. The maximum Gasteiger partial charge on any atom is 0.233 e. The van der Waals surface area contributed by atoms with Crippen LogP contribution in [0.4, 0.5) is 0 Å². The van der Waals surface area contributed by atoms with Crippen LogP contribution in [-0.4, -0.2) is 35.7 Å². The van der Waals surface area contributed by atoms with E-state index in [9.17, 15) is 4.79 Å². The first kappa shape index (κ1) is 19.0. The van der Waals surface area contributed by atoms with Crippen LogP contribution in [0.2, 0.25) is 0 Å². The highest BCUT2D eigenvalue weighted by molar-refractivity contribution is 8.00. The van der Waals surface area contributed by atoms with E-state index in [4.69, 9.17) is 0 Å². The van der Waals surface area contributed by atoms with Crippen molar-refractivity contribution >= 4 is 17.7 Å². The largest absolute Gasteiger partial charge is 0.353 e. The number of benzene rings is 2. The van der Waals surface area contributed by atoms with Crippen LogP contribution < -0.4 is 5.32 Å². The zero-order chi connectivity index (χ0) is 18.4.